The molecule has 6 nitrogen and oxygen atoms in total. The average molecular weight is 441 g/mol. The van der Waals surface area contributed by atoms with E-state index in [1.54, 1.807) is 42.7 Å². The SMILES string of the molecule is O=C(c1cc(Cl)ccc1-n1nccn1)N1C2CCC1[C@@H](COc1ccc(F)cc1)CC2. The Labute approximate surface area is 184 Å². The molecule has 0 radical (unpaired) electrons. The molecular weight excluding hydrogens is 419 g/mol. The van der Waals surface area contributed by atoms with Crippen molar-refractivity contribution in [1.29, 1.82) is 0 Å². The maximum absolute atomic E-state index is 13.7. The third-order valence-electron chi connectivity index (χ3n) is 6.30. The summed E-state index contributed by atoms with van der Waals surface area (Å²) < 4.78 is 19.1. The summed E-state index contributed by atoms with van der Waals surface area (Å²) >= 11 is 6.24. The molecule has 1 amide bonds. The molecule has 3 heterocycles. The van der Waals surface area contributed by atoms with Crippen LogP contribution < -0.4 is 4.74 Å². The Morgan fingerprint density at radius 3 is 2.58 bits per heavy atom. The van der Waals surface area contributed by atoms with Gasteiger partial charge in [0.15, 0.2) is 0 Å². The Morgan fingerprint density at radius 1 is 1.06 bits per heavy atom. The summed E-state index contributed by atoms with van der Waals surface area (Å²) in [4.78, 5) is 17.2. The van der Waals surface area contributed by atoms with Crippen LogP contribution in [-0.2, 0) is 0 Å². The van der Waals surface area contributed by atoms with Gasteiger partial charge >= 0.3 is 0 Å². The minimum atomic E-state index is -0.288. The van der Waals surface area contributed by atoms with E-state index >= 15 is 0 Å². The first kappa shape index (κ1) is 20.0. The smallest absolute Gasteiger partial charge is 0.256 e. The second-order valence-electron chi connectivity index (χ2n) is 8.09. The summed E-state index contributed by atoms with van der Waals surface area (Å²) in [5, 5.41) is 8.87. The number of piperidine rings is 1. The molecule has 0 N–H and O–H groups in total. The zero-order chi connectivity index (χ0) is 21.4. The molecule has 160 valence electrons. The number of ether oxygens (including phenoxy) is 1. The first-order valence-electron chi connectivity index (χ1n) is 10.5. The van der Waals surface area contributed by atoms with Crippen LogP contribution in [0.25, 0.3) is 5.69 Å². The molecule has 3 atom stereocenters. The number of hydrogen-bond acceptors (Lipinski definition) is 4. The second kappa shape index (κ2) is 8.30. The Morgan fingerprint density at radius 2 is 1.81 bits per heavy atom. The van der Waals surface area contributed by atoms with Gasteiger partial charge in [-0.05, 0) is 68.1 Å². The van der Waals surface area contributed by atoms with Crippen LogP contribution in [0, 0.1) is 11.7 Å². The van der Waals surface area contributed by atoms with Crippen molar-refractivity contribution < 1.29 is 13.9 Å². The van der Waals surface area contributed by atoms with Gasteiger partial charge in [0.2, 0.25) is 0 Å². The van der Waals surface area contributed by atoms with E-state index in [1.807, 2.05) is 4.90 Å². The van der Waals surface area contributed by atoms with Gasteiger partial charge in [-0.15, -0.1) is 0 Å². The van der Waals surface area contributed by atoms with Gasteiger partial charge in [0.1, 0.15) is 11.6 Å². The van der Waals surface area contributed by atoms with Crippen LogP contribution in [0.4, 0.5) is 4.39 Å². The van der Waals surface area contributed by atoms with Gasteiger partial charge in [0.05, 0.1) is 30.3 Å². The van der Waals surface area contributed by atoms with E-state index in [-0.39, 0.29) is 29.7 Å². The lowest BCUT2D eigenvalue weighted by molar-refractivity contribution is 0.0406. The number of benzene rings is 2. The summed E-state index contributed by atoms with van der Waals surface area (Å²) in [5.41, 5.74) is 1.11. The second-order valence-corrected chi connectivity index (χ2v) is 8.53. The largest absolute Gasteiger partial charge is 0.493 e. The van der Waals surface area contributed by atoms with E-state index in [0.717, 1.165) is 25.7 Å². The zero-order valence-electron chi connectivity index (χ0n) is 16.8. The van der Waals surface area contributed by atoms with E-state index in [4.69, 9.17) is 16.3 Å². The molecule has 2 aliphatic rings. The third kappa shape index (κ3) is 3.90. The molecule has 2 aromatic carbocycles. The quantitative estimate of drug-likeness (QED) is 0.585. The van der Waals surface area contributed by atoms with Crippen LogP contribution in [0.3, 0.4) is 0 Å². The molecule has 2 bridgehead atoms. The molecule has 0 spiro atoms. The highest BCUT2D eigenvalue weighted by Gasteiger charge is 2.45. The van der Waals surface area contributed by atoms with E-state index in [0.29, 0.717) is 28.6 Å². The van der Waals surface area contributed by atoms with E-state index < -0.39 is 0 Å². The van der Waals surface area contributed by atoms with Crippen molar-refractivity contribution in [2.45, 2.75) is 37.8 Å². The summed E-state index contributed by atoms with van der Waals surface area (Å²) in [7, 11) is 0. The van der Waals surface area contributed by atoms with Crippen molar-refractivity contribution in [2.24, 2.45) is 5.92 Å². The number of hydrogen-bond donors (Lipinski definition) is 0. The highest BCUT2D eigenvalue weighted by Crippen LogP contribution is 2.41. The van der Waals surface area contributed by atoms with Gasteiger partial charge in [0, 0.05) is 23.0 Å². The highest BCUT2D eigenvalue weighted by molar-refractivity contribution is 6.31. The molecule has 8 heteroatoms. The topological polar surface area (TPSA) is 60.2 Å². The standard InChI is InChI=1S/C23H22ClFN4O2/c24-16-2-9-22(29-26-11-12-27-29)20(13-16)23(30)28-18-5-1-15(21(28)10-6-18)14-31-19-7-3-17(25)4-8-19/h2-4,7-9,11-13,15,18,21H,1,5-6,10,14H2/t15-,18?,21?/m1/s1. The number of nitrogens with zero attached hydrogens (tertiary/aromatic N) is 4. The van der Waals surface area contributed by atoms with Gasteiger partial charge in [0.25, 0.3) is 5.91 Å². The number of carbonyl (C=O) groups is 1. The summed E-state index contributed by atoms with van der Waals surface area (Å²) in [6.45, 7) is 0.496. The maximum Gasteiger partial charge on any atom is 0.256 e. The minimum Gasteiger partial charge on any atom is -0.493 e. The molecule has 31 heavy (non-hydrogen) atoms. The summed E-state index contributed by atoms with van der Waals surface area (Å²) in [6, 6.07) is 11.6. The molecular formula is C23H22ClFN4O2. The Bertz CT molecular complexity index is 1070. The number of carbonyl (C=O) groups excluding carboxylic acids is 1. The van der Waals surface area contributed by atoms with Crippen molar-refractivity contribution in [3.8, 4) is 11.4 Å². The van der Waals surface area contributed by atoms with Crippen LogP contribution in [0.15, 0.2) is 54.9 Å². The number of rotatable bonds is 5. The zero-order valence-corrected chi connectivity index (χ0v) is 17.6. The Balaban J connectivity index is 1.38. The van der Waals surface area contributed by atoms with Crippen molar-refractivity contribution in [3.63, 3.8) is 0 Å². The van der Waals surface area contributed by atoms with Gasteiger partial charge in [-0.1, -0.05) is 11.6 Å². The van der Waals surface area contributed by atoms with Crippen molar-refractivity contribution in [1.82, 2.24) is 19.9 Å². The van der Waals surface area contributed by atoms with E-state index in [2.05, 4.69) is 10.2 Å². The van der Waals surface area contributed by atoms with E-state index in [9.17, 15) is 9.18 Å². The fraction of sp³-hybridized carbons (Fsp3) is 0.348. The van der Waals surface area contributed by atoms with Crippen molar-refractivity contribution in [2.75, 3.05) is 6.61 Å². The fourth-order valence-electron chi connectivity index (χ4n) is 4.84. The lowest BCUT2D eigenvalue weighted by Crippen LogP contribution is -2.49. The van der Waals surface area contributed by atoms with Crippen LogP contribution in [0.5, 0.6) is 5.75 Å². The Hall–Kier alpha value is -2.93. The third-order valence-corrected chi connectivity index (χ3v) is 6.53. The first-order valence-corrected chi connectivity index (χ1v) is 10.9. The molecule has 1 aromatic heterocycles. The highest BCUT2D eigenvalue weighted by atomic mass is 35.5. The molecule has 2 unspecified atom stereocenters. The minimum absolute atomic E-state index is 0.0474. The number of halogens is 2. The maximum atomic E-state index is 13.7. The lowest BCUT2D eigenvalue weighted by Gasteiger charge is -2.40. The fourth-order valence-corrected chi connectivity index (χ4v) is 5.01. The molecule has 3 aromatic rings. The van der Waals surface area contributed by atoms with Gasteiger partial charge in [-0.3, -0.25) is 4.79 Å². The molecule has 0 saturated carbocycles. The van der Waals surface area contributed by atoms with Gasteiger partial charge < -0.3 is 9.64 Å². The lowest BCUT2D eigenvalue weighted by atomic mass is 9.90. The van der Waals surface area contributed by atoms with Crippen LogP contribution in [0.1, 0.15) is 36.0 Å². The van der Waals surface area contributed by atoms with Crippen LogP contribution in [-0.4, -0.2) is 44.5 Å². The molecule has 5 rings (SSSR count). The van der Waals surface area contributed by atoms with Gasteiger partial charge in [-0.25, -0.2) is 4.39 Å². The predicted molar refractivity (Wildman–Crippen MR) is 114 cm³/mol. The van der Waals surface area contributed by atoms with Crippen molar-refractivity contribution >= 4 is 17.5 Å². The van der Waals surface area contributed by atoms with Crippen molar-refractivity contribution in [3.05, 3.63) is 71.3 Å². The molecule has 2 fully saturated rings. The number of aromatic nitrogens is 3. The van der Waals surface area contributed by atoms with Crippen LogP contribution >= 0.6 is 11.6 Å². The number of amides is 1. The Kier molecular flexibility index (Phi) is 5.36. The van der Waals surface area contributed by atoms with Gasteiger partial charge in [-0.2, -0.15) is 15.0 Å². The van der Waals surface area contributed by atoms with E-state index in [1.165, 1.54) is 16.9 Å². The average Bonchev–Trinajstić information content (AvgIpc) is 3.41. The molecule has 2 saturated heterocycles. The summed E-state index contributed by atoms with van der Waals surface area (Å²) in [5.74, 6) is 0.526. The van der Waals surface area contributed by atoms with Crippen LogP contribution in [0.2, 0.25) is 5.02 Å². The summed E-state index contributed by atoms with van der Waals surface area (Å²) in [6.07, 6.45) is 7.04. The normalized spacial score (nSPS) is 22.5. The molecule has 0 aliphatic carbocycles. The monoisotopic (exact) mass is 440 g/mol. The predicted octanol–water partition coefficient (Wildman–Crippen LogP) is 4.52. The molecule has 2 aliphatic heterocycles. The number of fused-ring (bicyclic) bond motifs is 2. The first-order chi connectivity index (χ1) is 15.1.